The van der Waals surface area contributed by atoms with Crippen LogP contribution in [0.3, 0.4) is 0 Å². The van der Waals surface area contributed by atoms with Crippen LogP contribution < -0.4 is 14.8 Å². The molecular weight excluding hydrogens is 206 g/mol. The second-order valence-corrected chi connectivity index (χ2v) is 3.77. The van der Waals surface area contributed by atoms with Crippen LogP contribution in [0.2, 0.25) is 0 Å². The Balaban J connectivity index is 1.96. The summed E-state index contributed by atoms with van der Waals surface area (Å²) in [6.45, 7) is -0.637. The third kappa shape index (κ3) is 2.45. The van der Waals surface area contributed by atoms with E-state index in [1.807, 2.05) is 12.1 Å². The summed E-state index contributed by atoms with van der Waals surface area (Å²) in [5.41, 5.74) is 0.947. The normalized spacial score (nSPS) is 18.2. The van der Waals surface area contributed by atoms with Crippen LogP contribution in [0.1, 0.15) is 23.5 Å². The molecule has 0 fully saturated rings. The van der Waals surface area contributed by atoms with E-state index < -0.39 is 12.8 Å². The van der Waals surface area contributed by atoms with Crippen molar-refractivity contribution in [2.75, 3.05) is 6.79 Å². The molecular formula is C12H15NO3. The monoisotopic (exact) mass is 224 g/mol. The zero-order valence-electron chi connectivity index (χ0n) is 11.9. The Morgan fingerprint density at radius 3 is 3.19 bits per heavy atom. The highest BCUT2D eigenvalue weighted by Gasteiger charge is 2.14. The number of hydrogen-bond donors (Lipinski definition) is 1. The molecule has 0 aromatic heterocycles. The third-order valence-electron chi connectivity index (χ3n) is 2.36. The fraction of sp³-hybridized carbons (Fsp3) is 0.417. The molecule has 0 spiro atoms. The number of fused-ring (bicyclic) bond motifs is 1. The van der Waals surface area contributed by atoms with Gasteiger partial charge in [0.15, 0.2) is 11.5 Å². The molecule has 1 amide bonds. The van der Waals surface area contributed by atoms with Gasteiger partial charge in [-0.05, 0) is 31.0 Å². The summed E-state index contributed by atoms with van der Waals surface area (Å²) in [4.78, 5) is 11.3. The van der Waals surface area contributed by atoms with Crippen LogP contribution in [0.15, 0.2) is 18.2 Å². The minimum Gasteiger partial charge on any atom is -0.454 e. The van der Waals surface area contributed by atoms with Crippen LogP contribution in [0.25, 0.3) is 0 Å². The number of carbonyl (C=O) groups is 1. The van der Waals surface area contributed by atoms with Gasteiger partial charge in [-0.1, -0.05) is 6.07 Å². The van der Waals surface area contributed by atoms with Crippen molar-refractivity contribution < 1.29 is 18.4 Å². The molecule has 16 heavy (non-hydrogen) atoms. The predicted molar refractivity (Wildman–Crippen MR) is 59.5 cm³/mol. The maximum Gasteiger partial charge on any atom is 0.231 e. The first kappa shape index (κ1) is 7.54. The quantitative estimate of drug-likeness (QED) is 0.846. The molecule has 86 valence electrons. The molecule has 0 saturated heterocycles. The Morgan fingerprint density at radius 2 is 2.38 bits per heavy atom. The maximum atomic E-state index is 11.3. The van der Waals surface area contributed by atoms with Crippen molar-refractivity contribution in [1.82, 2.24) is 5.32 Å². The van der Waals surface area contributed by atoms with Crippen molar-refractivity contribution in [3.05, 3.63) is 23.8 Å². The van der Waals surface area contributed by atoms with Gasteiger partial charge < -0.3 is 14.8 Å². The Hall–Kier alpha value is -1.71. The second kappa shape index (κ2) is 4.43. The van der Waals surface area contributed by atoms with Crippen LogP contribution in [-0.2, 0) is 11.2 Å². The standard InChI is InChI=1S/C12H15NO3/c1-8(13-9(2)14)5-10-3-4-11-12(6-10)16-7-15-11/h3-4,6,8H,5,7H2,1-2H3,(H,13,14)/i2D3. The summed E-state index contributed by atoms with van der Waals surface area (Å²) >= 11 is 0. The van der Waals surface area contributed by atoms with Crippen molar-refractivity contribution in [2.45, 2.75) is 26.2 Å². The topological polar surface area (TPSA) is 47.6 Å². The summed E-state index contributed by atoms with van der Waals surface area (Å²) in [7, 11) is 0. The van der Waals surface area contributed by atoms with E-state index in [4.69, 9.17) is 13.6 Å². The molecule has 0 aliphatic carbocycles. The van der Waals surface area contributed by atoms with Crippen molar-refractivity contribution >= 4 is 5.91 Å². The SMILES string of the molecule is [2H]C([2H])([2H])C(=O)NC(C)Cc1ccc2c(c1)OCO2. The van der Waals surface area contributed by atoms with E-state index in [1.54, 1.807) is 13.0 Å². The summed E-state index contributed by atoms with van der Waals surface area (Å²) in [5.74, 6) is 0.440. The van der Waals surface area contributed by atoms with Gasteiger partial charge in [-0.15, -0.1) is 0 Å². The molecule has 1 atom stereocenters. The molecule has 1 N–H and O–H groups in total. The number of amides is 1. The smallest absolute Gasteiger partial charge is 0.231 e. The van der Waals surface area contributed by atoms with Gasteiger partial charge in [-0.2, -0.15) is 0 Å². The number of benzene rings is 1. The van der Waals surface area contributed by atoms with Crippen molar-refractivity contribution in [3.63, 3.8) is 0 Å². The molecule has 2 rings (SSSR count). The van der Waals surface area contributed by atoms with E-state index >= 15 is 0 Å². The molecule has 4 nitrogen and oxygen atoms in total. The van der Waals surface area contributed by atoms with Crippen molar-refractivity contribution in [1.29, 1.82) is 0 Å². The lowest BCUT2D eigenvalue weighted by atomic mass is 10.1. The van der Waals surface area contributed by atoms with Gasteiger partial charge in [0.2, 0.25) is 12.7 Å². The highest BCUT2D eigenvalue weighted by atomic mass is 16.7. The van der Waals surface area contributed by atoms with E-state index in [0.717, 1.165) is 5.56 Å². The average molecular weight is 224 g/mol. The van der Waals surface area contributed by atoms with Crippen LogP contribution in [0.5, 0.6) is 11.5 Å². The van der Waals surface area contributed by atoms with Crippen molar-refractivity contribution in [2.24, 2.45) is 0 Å². The molecule has 0 saturated carbocycles. The average Bonchev–Trinajstić information content (AvgIpc) is 2.74. The molecule has 0 bridgehead atoms. The number of rotatable bonds is 3. The Kier molecular flexibility index (Phi) is 2.09. The molecule has 1 aliphatic rings. The lowest BCUT2D eigenvalue weighted by Crippen LogP contribution is -2.31. The van der Waals surface area contributed by atoms with Crippen LogP contribution in [0, 0.1) is 0 Å². The first-order chi connectivity index (χ1) is 8.86. The van der Waals surface area contributed by atoms with Gasteiger partial charge in [0.1, 0.15) is 0 Å². The van der Waals surface area contributed by atoms with Crippen molar-refractivity contribution in [3.8, 4) is 11.5 Å². The predicted octanol–water partition coefficient (Wildman–Crippen LogP) is 1.48. The van der Waals surface area contributed by atoms with Crippen LogP contribution in [-0.4, -0.2) is 18.7 Å². The van der Waals surface area contributed by atoms with Gasteiger partial charge in [0.25, 0.3) is 0 Å². The summed E-state index contributed by atoms with van der Waals surface area (Å²) < 4.78 is 31.4. The van der Waals surface area contributed by atoms with E-state index in [9.17, 15) is 4.79 Å². The zero-order valence-corrected chi connectivity index (χ0v) is 8.95. The minimum absolute atomic E-state index is 0.212. The number of carbonyl (C=O) groups excluding carboxylic acids is 1. The highest BCUT2D eigenvalue weighted by Crippen LogP contribution is 2.32. The number of hydrogen-bond acceptors (Lipinski definition) is 3. The maximum absolute atomic E-state index is 11.3. The molecule has 1 unspecified atom stereocenters. The molecule has 4 heteroatoms. The van der Waals surface area contributed by atoms with Crippen LogP contribution in [0.4, 0.5) is 0 Å². The Bertz CT molecular complexity index is 488. The molecule has 1 aromatic carbocycles. The fourth-order valence-electron chi connectivity index (χ4n) is 1.70. The fourth-order valence-corrected chi connectivity index (χ4v) is 1.70. The highest BCUT2D eigenvalue weighted by molar-refractivity contribution is 5.73. The number of nitrogens with one attached hydrogen (secondary N) is 1. The largest absolute Gasteiger partial charge is 0.454 e. The summed E-state index contributed by atoms with van der Waals surface area (Å²) in [6, 6.07) is 5.23. The van der Waals surface area contributed by atoms with Gasteiger partial charge in [-0.25, -0.2) is 0 Å². The second-order valence-electron chi connectivity index (χ2n) is 3.77. The molecule has 1 aliphatic heterocycles. The lowest BCUT2D eigenvalue weighted by molar-refractivity contribution is -0.119. The lowest BCUT2D eigenvalue weighted by Gasteiger charge is -2.12. The van der Waals surface area contributed by atoms with Gasteiger partial charge in [0.05, 0.1) is 0 Å². The van der Waals surface area contributed by atoms with E-state index in [1.165, 1.54) is 0 Å². The van der Waals surface area contributed by atoms with Gasteiger partial charge in [-0.3, -0.25) is 4.79 Å². The first-order valence-corrected chi connectivity index (χ1v) is 5.06. The molecule has 1 aromatic rings. The number of ether oxygens (including phenoxy) is 2. The van der Waals surface area contributed by atoms with E-state index in [2.05, 4.69) is 5.32 Å². The third-order valence-corrected chi connectivity index (χ3v) is 2.36. The summed E-state index contributed by atoms with van der Waals surface area (Å²) in [6.07, 6.45) is 0.526. The molecule has 0 radical (unpaired) electrons. The van der Waals surface area contributed by atoms with Crippen LogP contribution >= 0.6 is 0 Å². The van der Waals surface area contributed by atoms with E-state index in [-0.39, 0.29) is 12.8 Å². The first-order valence-electron chi connectivity index (χ1n) is 6.56. The Morgan fingerprint density at radius 1 is 1.56 bits per heavy atom. The van der Waals surface area contributed by atoms with Gasteiger partial charge >= 0.3 is 0 Å². The molecule has 1 heterocycles. The zero-order chi connectivity index (χ0) is 14.0. The summed E-state index contributed by atoms with van der Waals surface area (Å²) in [5, 5.41) is 2.46. The van der Waals surface area contributed by atoms with Gasteiger partial charge in [0, 0.05) is 17.0 Å². The minimum atomic E-state index is -2.61. The van der Waals surface area contributed by atoms with E-state index in [0.29, 0.717) is 17.9 Å². The Labute approximate surface area is 98.8 Å².